The van der Waals surface area contributed by atoms with Crippen LogP contribution >= 0.6 is 23.1 Å². The third-order valence-electron chi connectivity index (χ3n) is 4.55. The van der Waals surface area contributed by atoms with Crippen LogP contribution in [-0.2, 0) is 11.3 Å². The largest absolute Gasteiger partial charge is 0.319 e. The number of anilines is 1. The molecule has 30 heavy (non-hydrogen) atoms. The van der Waals surface area contributed by atoms with E-state index in [4.69, 9.17) is 4.98 Å². The molecule has 0 aliphatic carbocycles. The summed E-state index contributed by atoms with van der Waals surface area (Å²) in [7, 11) is 0. The molecule has 5 rings (SSSR count). The minimum atomic E-state index is -0.150. The van der Waals surface area contributed by atoms with Crippen molar-refractivity contribution in [2.24, 2.45) is 0 Å². The summed E-state index contributed by atoms with van der Waals surface area (Å²) in [6.45, 7) is 0.679. The lowest BCUT2D eigenvalue weighted by Gasteiger charge is -2.07. The summed E-state index contributed by atoms with van der Waals surface area (Å²) >= 11 is 2.64. The van der Waals surface area contributed by atoms with Gasteiger partial charge >= 0.3 is 0 Å². The van der Waals surface area contributed by atoms with E-state index >= 15 is 0 Å². The van der Waals surface area contributed by atoms with Gasteiger partial charge in [-0.1, -0.05) is 60.3 Å². The molecule has 3 heterocycles. The van der Waals surface area contributed by atoms with Crippen molar-refractivity contribution >= 4 is 56.2 Å². The number of hydrogen-bond donors (Lipinski definition) is 1. The van der Waals surface area contributed by atoms with Gasteiger partial charge in [0.1, 0.15) is 5.52 Å². The molecule has 0 spiro atoms. The van der Waals surface area contributed by atoms with Crippen molar-refractivity contribution in [3.8, 4) is 0 Å². The number of aromatic nitrogens is 5. The van der Waals surface area contributed by atoms with Crippen LogP contribution in [0.1, 0.15) is 5.56 Å². The Bertz CT molecular complexity index is 1320. The first kappa shape index (κ1) is 18.7. The van der Waals surface area contributed by atoms with Crippen LogP contribution in [0.4, 0.5) is 5.13 Å². The monoisotopic (exact) mass is 432 g/mol. The van der Waals surface area contributed by atoms with Gasteiger partial charge in [-0.05, 0) is 11.6 Å². The van der Waals surface area contributed by atoms with E-state index in [-0.39, 0.29) is 11.7 Å². The molecule has 0 bridgehead atoms. The highest BCUT2D eigenvalue weighted by Crippen LogP contribution is 2.28. The number of nitrogens with one attached hydrogen (secondary N) is 1. The van der Waals surface area contributed by atoms with Crippen LogP contribution < -0.4 is 5.32 Å². The Labute approximate surface area is 180 Å². The van der Waals surface area contributed by atoms with Crippen LogP contribution in [0.3, 0.4) is 0 Å². The molecule has 7 nitrogen and oxygen atoms in total. The average molecular weight is 433 g/mol. The van der Waals surface area contributed by atoms with E-state index in [1.807, 2.05) is 41.8 Å². The zero-order valence-corrected chi connectivity index (χ0v) is 17.4. The fourth-order valence-electron chi connectivity index (χ4n) is 3.25. The molecule has 3 aromatic heterocycles. The molecule has 0 fully saturated rings. The molecular formula is C21H16N6OS2. The number of thioether (sulfide) groups is 1. The lowest BCUT2D eigenvalue weighted by molar-refractivity contribution is -0.113. The van der Waals surface area contributed by atoms with Crippen LogP contribution in [0.15, 0.2) is 71.3 Å². The maximum atomic E-state index is 12.1. The zero-order chi connectivity index (χ0) is 20.3. The molecule has 148 valence electrons. The normalized spacial score (nSPS) is 11.2. The highest BCUT2D eigenvalue weighted by atomic mass is 32.2. The third kappa shape index (κ3) is 3.77. The Morgan fingerprint density at radius 2 is 1.90 bits per heavy atom. The molecule has 5 aromatic rings. The van der Waals surface area contributed by atoms with Gasteiger partial charge in [0.15, 0.2) is 10.8 Å². The zero-order valence-electron chi connectivity index (χ0n) is 15.7. The van der Waals surface area contributed by atoms with Gasteiger partial charge in [0.05, 0.1) is 11.3 Å². The van der Waals surface area contributed by atoms with Gasteiger partial charge in [-0.15, -0.1) is 21.5 Å². The Kier molecular flexibility index (Phi) is 5.12. The van der Waals surface area contributed by atoms with Crippen molar-refractivity contribution in [1.82, 2.24) is 24.7 Å². The van der Waals surface area contributed by atoms with Gasteiger partial charge in [-0.2, -0.15) is 0 Å². The van der Waals surface area contributed by atoms with Crippen molar-refractivity contribution in [1.29, 1.82) is 0 Å². The molecule has 0 aliphatic heterocycles. The minimum absolute atomic E-state index is 0.150. The smallest absolute Gasteiger partial charge is 0.236 e. The number of hydrogen-bond acceptors (Lipinski definition) is 7. The van der Waals surface area contributed by atoms with Gasteiger partial charge in [-0.3, -0.25) is 4.79 Å². The summed E-state index contributed by atoms with van der Waals surface area (Å²) in [6.07, 6.45) is 1.65. The van der Waals surface area contributed by atoms with Gasteiger partial charge in [0.2, 0.25) is 11.1 Å². The Morgan fingerprint density at radius 1 is 1.07 bits per heavy atom. The number of benzene rings is 2. The van der Waals surface area contributed by atoms with Crippen molar-refractivity contribution in [2.45, 2.75) is 11.7 Å². The maximum Gasteiger partial charge on any atom is 0.236 e. The number of thiazole rings is 1. The number of carbonyl (C=O) groups excluding carboxylic acids is 1. The molecule has 0 saturated carbocycles. The lowest BCUT2D eigenvalue weighted by Crippen LogP contribution is -2.14. The Morgan fingerprint density at radius 3 is 2.73 bits per heavy atom. The first-order valence-corrected chi connectivity index (χ1v) is 11.1. The SMILES string of the molecule is O=C(CSc1nnc2c3ccccc3n(Cc3ccccc3)c2n1)Nc1nccs1. The standard InChI is InChI=1S/C21H16N6OS2/c28-17(23-20-22-10-11-29-20)13-30-21-24-19-18(25-26-21)15-8-4-5-9-16(15)27(19)12-14-6-2-1-3-7-14/h1-11H,12-13H2,(H,22,23,28). The van der Waals surface area contributed by atoms with E-state index in [1.54, 1.807) is 6.20 Å². The van der Waals surface area contributed by atoms with E-state index in [0.29, 0.717) is 16.8 Å². The summed E-state index contributed by atoms with van der Waals surface area (Å²) in [6, 6.07) is 18.3. The van der Waals surface area contributed by atoms with Crippen LogP contribution in [-0.4, -0.2) is 36.4 Å². The molecule has 2 aromatic carbocycles. The fraction of sp³-hybridized carbons (Fsp3) is 0.0952. The number of fused-ring (bicyclic) bond motifs is 3. The second kappa shape index (κ2) is 8.21. The number of nitrogens with zero attached hydrogens (tertiary/aromatic N) is 5. The van der Waals surface area contributed by atoms with E-state index in [2.05, 4.69) is 43.3 Å². The lowest BCUT2D eigenvalue weighted by atomic mass is 10.2. The van der Waals surface area contributed by atoms with Crippen LogP contribution in [0.2, 0.25) is 0 Å². The number of carbonyl (C=O) groups is 1. The Hall–Kier alpha value is -3.30. The predicted molar refractivity (Wildman–Crippen MR) is 120 cm³/mol. The van der Waals surface area contributed by atoms with Crippen molar-refractivity contribution in [3.63, 3.8) is 0 Å². The molecule has 0 radical (unpaired) electrons. The molecule has 0 saturated heterocycles. The third-order valence-corrected chi connectivity index (χ3v) is 6.08. The molecular weight excluding hydrogens is 416 g/mol. The molecule has 1 amide bonds. The summed E-state index contributed by atoms with van der Waals surface area (Å²) in [5, 5.41) is 15.3. The highest BCUT2D eigenvalue weighted by Gasteiger charge is 2.16. The molecule has 1 N–H and O–H groups in total. The number of amides is 1. The molecule has 0 atom stereocenters. The fourth-order valence-corrected chi connectivity index (χ4v) is 4.37. The summed E-state index contributed by atoms with van der Waals surface area (Å²) in [5.74, 6) is 0.0366. The second-order valence-electron chi connectivity index (χ2n) is 6.53. The predicted octanol–water partition coefficient (Wildman–Crippen LogP) is 4.22. The summed E-state index contributed by atoms with van der Waals surface area (Å²) < 4.78 is 2.15. The van der Waals surface area contributed by atoms with E-state index in [1.165, 1.54) is 28.7 Å². The van der Waals surface area contributed by atoms with Crippen molar-refractivity contribution in [2.75, 3.05) is 11.1 Å². The van der Waals surface area contributed by atoms with Gasteiger partial charge in [0.25, 0.3) is 0 Å². The average Bonchev–Trinajstić information content (AvgIpc) is 3.40. The summed E-state index contributed by atoms with van der Waals surface area (Å²) in [4.78, 5) is 20.9. The highest BCUT2D eigenvalue weighted by molar-refractivity contribution is 7.99. The topological polar surface area (TPSA) is 85.6 Å². The number of para-hydroxylation sites is 1. The van der Waals surface area contributed by atoms with E-state index in [9.17, 15) is 4.79 Å². The first-order chi connectivity index (χ1) is 14.8. The van der Waals surface area contributed by atoms with Crippen LogP contribution in [0.25, 0.3) is 22.1 Å². The van der Waals surface area contributed by atoms with Crippen molar-refractivity contribution in [3.05, 3.63) is 71.7 Å². The summed E-state index contributed by atoms with van der Waals surface area (Å²) in [5.41, 5.74) is 3.76. The Balaban J connectivity index is 1.46. The number of rotatable bonds is 6. The van der Waals surface area contributed by atoms with E-state index in [0.717, 1.165) is 22.1 Å². The molecule has 0 unspecified atom stereocenters. The molecule has 9 heteroatoms. The van der Waals surface area contributed by atoms with Crippen LogP contribution in [0.5, 0.6) is 0 Å². The van der Waals surface area contributed by atoms with Gasteiger partial charge < -0.3 is 9.88 Å². The first-order valence-electron chi connectivity index (χ1n) is 9.25. The quantitative estimate of drug-likeness (QED) is 0.405. The minimum Gasteiger partial charge on any atom is -0.319 e. The van der Waals surface area contributed by atoms with E-state index < -0.39 is 0 Å². The molecule has 0 aliphatic rings. The van der Waals surface area contributed by atoms with Gasteiger partial charge in [-0.25, -0.2) is 9.97 Å². The van der Waals surface area contributed by atoms with Gasteiger partial charge in [0, 0.05) is 23.5 Å². The van der Waals surface area contributed by atoms with Crippen LogP contribution in [0, 0.1) is 0 Å². The second-order valence-corrected chi connectivity index (χ2v) is 8.37. The van der Waals surface area contributed by atoms with Crippen molar-refractivity contribution < 1.29 is 4.79 Å². The maximum absolute atomic E-state index is 12.1.